The molecule has 0 radical (unpaired) electrons. The topological polar surface area (TPSA) is 121 Å². The van der Waals surface area contributed by atoms with Crippen LogP contribution in [0.4, 0.5) is 0 Å². The van der Waals surface area contributed by atoms with Gasteiger partial charge in [0.05, 0.1) is 18.2 Å². The molecular weight excluding hydrogens is 693 g/mol. The van der Waals surface area contributed by atoms with Crippen LogP contribution in [0.15, 0.2) is 120 Å². The van der Waals surface area contributed by atoms with Crippen molar-refractivity contribution in [1.29, 1.82) is 0 Å². The first kappa shape index (κ1) is 38.3. The smallest absolute Gasteiger partial charge is 0.254 e. The van der Waals surface area contributed by atoms with Crippen LogP contribution in [0, 0.1) is 17.8 Å². The number of rotatable bonds is 16. The molecule has 6 unspecified atom stereocenters. The summed E-state index contributed by atoms with van der Waals surface area (Å²) in [4.78, 5) is 22.6. The molecule has 4 aromatic carbocycles. The Balaban J connectivity index is 1.40. The van der Waals surface area contributed by atoms with Gasteiger partial charge in [-0.25, -0.2) is 0 Å². The van der Waals surface area contributed by atoms with Crippen molar-refractivity contribution in [3.05, 3.63) is 132 Å². The van der Waals surface area contributed by atoms with Gasteiger partial charge >= 0.3 is 0 Å². The summed E-state index contributed by atoms with van der Waals surface area (Å²) in [6.45, 7) is 4.66. The SMILES string of the molecule is C=CCOC12Oc3ccc(O)cc3C3C(CCCCO)C(CCCCO)C=C(C(=NOCc4ccccc4)CC1N(C)C(=O)c1ccc4ccccc4c1)C32. The Morgan fingerprint density at radius 3 is 2.45 bits per heavy atom. The van der Waals surface area contributed by atoms with Crippen molar-refractivity contribution >= 4 is 22.4 Å². The summed E-state index contributed by atoms with van der Waals surface area (Å²) in [5.41, 5.74) is 4.08. The second kappa shape index (κ2) is 17.2. The lowest BCUT2D eigenvalue weighted by Crippen LogP contribution is -2.69. The molecule has 0 aromatic heterocycles. The monoisotopic (exact) mass is 744 g/mol. The van der Waals surface area contributed by atoms with Gasteiger partial charge in [-0.2, -0.15) is 0 Å². The highest BCUT2D eigenvalue weighted by Gasteiger charge is 2.65. The van der Waals surface area contributed by atoms with E-state index in [4.69, 9.17) is 19.5 Å². The lowest BCUT2D eigenvalue weighted by Gasteiger charge is -2.59. The van der Waals surface area contributed by atoms with Gasteiger partial charge < -0.3 is 34.5 Å². The lowest BCUT2D eigenvalue weighted by atomic mass is 9.55. The molecule has 4 aromatic rings. The fraction of sp³-hybridized carbons (Fsp3) is 0.391. The van der Waals surface area contributed by atoms with Crippen LogP contribution in [0.2, 0.25) is 0 Å². The summed E-state index contributed by atoms with van der Waals surface area (Å²) < 4.78 is 14.1. The maximum atomic E-state index is 14.7. The minimum Gasteiger partial charge on any atom is -0.508 e. The van der Waals surface area contributed by atoms with E-state index in [1.165, 1.54) is 0 Å². The zero-order valence-electron chi connectivity index (χ0n) is 31.6. The van der Waals surface area contributed by atoms with Gasteiger partial charge in [0, 0.05) is 43.7 Å². The molecule has 1 amide bonds. The molecule has 1 heterocycles. The highest BCUT2D eigenvalue weighted by Crippen LogP contribution is 2.61. The quantitative estimate of drug-likeness (QED) is 0.0602. The molecule has 0 saturated heterocycles. The Hall–Kier alpha value is -4.96. The van der Waals surface area contributed by atoms with Crippen LogP contribution in [0.1, 0.15) is 72.3 Å². The summed E-state index contributed by atoms with van der Waals surface area (Å²) >= 11 is 0. The van der Waals surface area contributed by atoms with E-state index in [1.807, 2.05) is 79.8 Å². The fourth-order valence-corrected chi connectivity index (χ4v) is 9.16. The van der Waals surface area contributed by atoms with Crippen LogP contribution < -0.4 is 4.74 Å². The second-order valence-electron chi connectivity index (χ2n) is 15.0. The molecule has 1 saturated carbocycles. The molecule has 9 heteroatoms. The first-order valence-corrected chi connectivity index (χ1v) is 19.6. The molecule has 9 nitrogen and oxygen atoms in total. The van der Waals surface area contributed by atoms with Gasteiger partial charge in [-0.15, -0.1) is 6.58 Å². The zero-order chi connectivity index (χ0) is 38.4. The standard InChI is InChI=1S/C46H52N2O7/c1-3-25-53-46-42(48(2)45(52)35-20-19-32-15-7-8-16-33(32)26-35)29-40(47-54-30-31-13-5-4-6-14-31)38-27-34(17-9-11-23-49)37(18-10-12-24-50)43(44(38)46)39-28-36(51)21-22-41(39)55-46/h3-8,13-16,19-22,26-28,34,37,42-44,49-51H,1,9-12,17-18,23-25,29-30H2,2H3. The predicted octanol–water partition coefficient (Wildman–Crippen LogP) is 8.15. The zero-order valence-corrected chi connectivity index (χ0v) is 31.6. The van der Waals surface area contributed by atoms with Gasteiger partial charge in [0.15, 0.2) is 0 Å². The second-order valence-corrected chi connectivity index (χ2v) is 15.0. The Morgan fingerprint density at radius 1 is 0.945 bits per heavy atom. The van der Waals surface area contributed by atoms with E-state index in [0.29, 0.717) is 30.6 Å². The summed E-state index contributed by atoms with van der Waals surface area (Å²) in [6.07, 6.45) is 8.98. The number of phenolic OH excluding ortho intramolecular Hbond substituents is 1. The maximum Gasteiger partial charge on any atom is 0.254 e. The number of benzene rings is 4. The molecule has 55 heavy (non-hydrogen) atoms. The Bertz CT molecular complexity index is 2030. The summed E-state index contributed by atoms with van der Waals surface area (Å²) in [7, 11) is 1.81. The minimum absolute atomic E-state index is 0.0712. The molecule has 1 aliphatic heterocycles. The first-order valence-electron chi connectivity index (χ1n) is 19.6. The number of phenols is 1. The largest absolute Gasteiger partial charge is 0.508 e. The first-order chi connectivity index (χ1) is 26.9. The molecular formula is C46H52N2O7. The molecule has 0 bridgehead atoms. The van der Waals surface area contributed by atoms with Crippen molar-refractivity contribution in [3.63, 3.8) is 0 Å². The van der Waals surface area contributed by atoms with Crippen molar-refractivity contribution in [2.45, 2.75) is 69.3 Å². The Morgan fingerprint density at radius 2 is 1.69 bits per heavy atom. The molecule has 0 spiro atoms. The van der Waals surface area contributed by atoms with Crippen LogP contribution in [0.25, 0.3) is 10.8 Å². The van der Waals surface area contributed by atoms with E-state index in [1.54, 1.807) is 29.2 Å². The van der Waals surface area contributed by atoms with Crippen LogP contribution in [0.5, 0.6) is 11.5 Å². The van der Waals surface area contributed by atoms with E-state index < -0.39 is 17.7 Å². The summed E-state index contributed by atoms with van der Waals surface area (Å²) in [6, 6.07) is 28.2. The number of carbonyl (C=O) groups excluding carboxylic acids is 1. The van der Waals surface area contributed by atoms with Crippen molar-refractivity contribution < 1.29 is 34.4 Å². The number of aliphatic hydroxyl groups excluding tert-OH is 2. The molecule has 288 valence electrons. The number of hydrogen-bond donors (Lipinski definition) is 3. The van der Waals surface area contributed by atoms with Gasteiger partial charge in [0.2, 0.25) is 5.79 Å². The number of nitrogens with zero attached hydrogens (tertiary/aromatic N) is 2. The van der Waals surface area contributed by atoms with Crippen LogP contribution in [0.3, 0.4) is 0 Å². The number of aliphatic hydroxyl groups is 2. The van der Waals surface area contributed by atoms with E-state index in [-0.39, 0.29) is 55.8 Å². The van der Waals surface area contributed by atoms with Crippen molar-refractivity contribution in [2.75, 3.05) is 26.9 Å². The van der Waals surface area contributed by atoms with Crippen molar-refractivity contribution in [3.8, 4) is 11.5 Å². The molecule has 1 fully saturated rings. The van der Waals surface area contributed by atoms with Gasteiger partial charge in [0.1, 0.15) is 24.1 Å². The maximum absolute atomic E-state index is 14.7. The predicted molar refractivity (Wildman–Crippen MR) is 214 cm³/mol. The number of allylic oxidation sites excluding steroid dienone is 1. The number of aromatic hydroxyl groups is 1. The number of likely N-dealkylation sites (N-methyl/N-ethyl adjacent to an activating group) is 1. The minimum atomic E-state index is -1.36. The fourth-order valence-electron chi connectivity index (χ4n) is 9.16. The number of amides is 1. The van der Waals surface area contributed by atoms with Gasteiger partial charge in [-0.3, -0.25) is 4.79 Å². The number of unbranched alkanes of at least 4 members (excludes halogenated alkanes) is 2. The number of ether oxygens (including phenoxy) is 2. The van der Waals surface area contributed by atoms with Crippen molar-refractivity contribution in [1.82, 2.24) is 4.90 Å². The summed E-state index contributed by atoms with van der Waals surface area (Å²) in [5, 5.41) is 37.4. The van der Waals surface area contributed by atoms with E-state index in [9.17, 15) is 20.1 Å². The molecule has 3 aliphatic rings. The van der Waals surface area contributed by atoms with Crippen LogP contribution in [-0.4, -0.2) is 70.5 Å². The third-order valence-electron chi connectivity index (χ3n) is 11.7. The van der Waals surface area contributed by atoms with Gasteiger partial charge in [-0.05, 0) is 89.8 Å². The third kappa shape index (κ3) is 7.79. The molecule has 3 N–H and O–H groups in total. The number of carbonyl (C=O) groups is 1. The van der Waals surface area contributed by atoms with Crippen LogP contribution in [-0.2, 0) is 16.2 Å². The Labute approximate surface area is 323 Å². The molecule has 2 aliphatic carbocycles. The normalized spacial score (nSPS) is 24.7. The van der Waals surface area contributed by atoms with E-state index in [2.05, 4.69) is 12.7 Å². The summed E-state index contributed by atoms with van der Waals surface area (Å²) in [5.74, 6) is -1.28. The molecule has 7 rings (SSSR count). The number of fused-ring (bicyclic) bond motifs is 3. The average Bonchev–Trinajstić information content (AvgIpc) is 3.21. The lowest BCUT2D eigenvalue weighted by molar-refractivity contribution is -0.252. The van der Waals surface area contributed by atoms with Crippen molar-refractivity contribution in [2.24, 2.45) is 22.9 Å². The van der Waals surface area contributed by atoms with Gasteiger partial charge in [-0.1, -0.05) is 90.8 Å². The third-order valence-corrected chi connectivity index (χ3v) is 11.7. The van der Waals surface area contributed by atoms with E-state index in [0.717, 1.165) is 58.9 Å². The van der Waals surface area contributed by atoms with E-state index >= 15 is 0 Å². The number of oxime groups is 1. The molecule has 6 atom stereocenters. The van der Waals surface area contributed by atoms with Crippen LogP contribution >= 0.6 is 0 Å². The number of hydrogen-bond acceptors (Lipinski definition) is 8. The highest BCUT2D eigenvalue weighted by molar-refractivity contribution is 6.04. The highest BCUT2D eigenvalue weighted by atomic mass is 16.7. The average molecular weight is 745 g/mol. The Kier molecular flexibility index (Phi) is 12.0. The van der Waals surface area contributed by atoms with Gasteiger partial charge in [0.25, 0.3) is 5.91 Å².